The van der Waals surface area contributed by atoms with Crippen molar-refractivity contribution >= 4 is 29.3 Å². The van der Waals surface area contributed by atoms with Gasteiger partial charge in [-0.05, 0) is 68.4 Å². The van der Waals surface area contributed by atoms with E-state index in [1.165, 1.54) is 25.2 Å². The molecule has 8 heteroatoms. The lowest BCUT2D eigenvalue weighted by atomic mass is 9.82. The van der Waals surface area contributed by atoms with E-state index in [0.29, 0.717) is 29.4 Å². The van der Waals surface area contributed by atoms with Crippen molar-refractivity contribution in [1.29, 1.82) is 0 Å². The minimum Gasteiger partial charge on any atom is -0.496 e. The van der Waals surface area contributed by atoms with Gasteiger partial charge in [0.2, 0.25) is 11.8 Å². The summed E-state index contributed by atoms with van der Waals surface area (Å²) in [5.41, 5.74) is 2.97. The Morgan fingerprint density at radius 2 is 1.57 bits per heavy atom. The molecule has 2 N–H and O–H groups in total. The number of halogens is 1. The highest BCUT2D eigenvalue weighted by molar-refractivity contribution is 6.30. The maximum atomic E-state index is 13.2. The third-order valence-electron chi connectivity index (χ3n) is 7.31. The van der Waals surface area contributed by atoms with Crippen LogP contribution in [0.4, 0.5) is 0 Å². The molecule has 1 atom stereocenters. The molecule has 1 aliphatic heterocycles. The summed E-state index contributed by atoms with van der Waals surface area (Å²) in [6.45, 7) is 5.46. The Hall–Kier alpha value is -3.84. The summed E-state index contributed by atoms with van der Waals surface area (Å²) in [6, 6.07) is 25.4. The summed E-state index contributed by atoms with van der Waals surface area (Å²) in [4.78, 5) is 37.8. The largest absolute Gasteiger partial charge is 0.496 e. The molecule has 3 aromatic rings. The number of piperidine rings is 1. The highest BCUT2D eigenvalue weighted by Gasteiger charge is 2.32. The molecule has 7 nitrogen and oxygen atoms in total. The highest BCUT2D eigenvalue weighted by Crippen LogP contribution is 2.33. The number of carbonyl (C=O) groups excluding carboxylic acids is 3. The molecule has 0 aromatic heterocycles. The van der Waals surface area contributed by atoms with E-state index in [0.717, 1.165) is 38.6 Å². The summed E-state index contributed by atoms with van der Waals surface area (Å²) >= 11 is 5.98. The lowest BCUT2D eigenvalue weighted by Crippen LogP contribution is -2.48. The van der Waals surface area contributed by atoms with Crippen molar-refractivity contribution in [2.24, 2.45) is 0 Å². The van der Waals surface area contributed by atoms with E-state index < -0.39 is 0 Å². The maximum absolute atomic E-state index is 13.2. The monoisotopic (exact) mass is 591 g/mol. The number of carbonyl (C=O) groups is 3. The average molecular weight is 592 g/mol. The third kappa shape index (κ3) is 9.91. The van der Waals surface area contributed by atoms with Gasteiger partial charge in [-0.15, -0.1) is 0 Å². The smallest absolute Gasteiger partial charge is 0.255 e. The molecule has 3 amide bonds. The van der Waals surface area contributed by atoms with Crippen LogP contribution in [-0.4, -0.2) is 55.4 Å². The fourth-order valence-corrected chi connectivity index (χ4v) is 5.39. The topological polar surface area (TPSA) is 87.7 Å². The normalized spacial score (nSPS) is 15.9. The van der Waals surface area contributed by atoms with Gasteiger partial charge < -0.3 is 20.3 Å². The van der Waals surface area contributed by atoms with E-state index >= 15 is 0 Å². The number of benzene rings is 3. The van der Waals surface area contributed by atoms with Crippen LogP contribution < -0.4 is 15.4 Å². The molecule has 1 heterocycles. The van der Waals surface area contributed by atoms with Crippen LogP contribution in [-0.2, 0) is 16.0 Å². The van der Waals surface area contributed by atoms with E-state index in [1.54, 1.807) is 18.2 Å². The molecular formula is C34H42ClN3O4. The molecule has 1 fully saturated rings. The van der Waals surface area contributed by atoms with Crippen molar-refractivity contribution in [2.75, 3.05) is 26.7 Å². The number of nitrogens with one attached hydrogen (secondary N) is 2. The zero-order valence-corrected chi connectivity index (χ0v) is 25.5. The molecule has 224 valence electrons. The summed E-state index contributed by atoms with van der Waals surface area (Å²) in [6.07, 6.45) is 4.54. The summed E-state index contributed by atoms with van der Waals surface area (Å²) in [5.74, 6) is 0.529. The van der Waals surface area contributed by atoms with E-state index in [4.69, 9.17) is 16.3 Å². The Balaban J connectivity index is 0.000000336. The van der Waals surface area contributed by atoms with Crippen molar-refractivity contribution in [3.8, 4) is 5.75 Å². The molecule has 3 aromatic carbocycles. The first-order chi connectivity index (χ1) is 20.3. The van der Waals surface area contributed by atoms with Gasteiger partial charge in [-0.2, -0.15) is 0 Å². The Morgan fingerprint density at radius 1 is 0.929 bits per heavy atom. The number of nitrogens with zero attached hydrogens (tertiary/aromatic N) is 1. The summed E-state index contributed by atoms with van der Waals surface area (Å²) < 4.78 is 5.28. The molecule has 2 aliphatic rings. The number of likely N-dealkylation sites (tertiary alicyclic amines) is 1. The predicted octanol–water partition coefficient (Wildman–Crippen LogP) is 6.02. The van der Waals surface area contributed by atoms with Crippen LogP contribution in [0.5, 0.6) is 5.75 Å². The molecule has 0 unspecified atom stereocenters. The van der Waals surface area contributed by atoms with Crippen molar-refractivity contribution < 1.29 is 19.1 Å². The minimum absolute atomic E-state index is 0.0283. The number of fused-ring (bicyclic) bond motifs is 1. The van der Waals surface area contributed by atoms with Gasteiger partial charge in [0.05, 0.1) is 18.6 Å². The second kappa shape index (κ2) is 17.2. The highest BCUT2D eigenvalue weighted by atomic mass is 35.5. The number of hydrogen-bond acceptors (Lipinski definition) is 4. The number of aryl methyl sites for hydroxylation is 1. The van der Waals surface area contributed by atoms with E-state index in [1.807, 2.05) is 54.3 Å². The average Bonchev–Trinajstić information content (AvgIpc) is 3.02. The van der Waals surface area contributed by atoms with Gasteiger partial charge in [-0.1, -0.05) is 72.3 Å². The first-order valence-corrected chi connectivity index (χ1v) is 15.0. The Morgan fingerprint density at radius 3 is 2.14 bits per heavy atom. The molecular weight excluding hydrogens is 550 g/mol. The third-order valence-corrected chi connectivity index (χ3v) is 7.55. The quantitative estimate of drug-likeness (QED) is 0.380. The lowest BCUT2D eigenvalue weighted by molar-refractivity contribution is -0.134. The van der Waals surface area contributed by atoms with Crippen molar-refractivity contribution in [2.45, 2.75) is 57.9 Å². The Kier molecular flexibility index (Phi) is 13.4. The Bertz CT molecular complexity index is 1270. The van der Waals surface area contributed by atoms with Crippen LogP contribution in [0.15, 0.2) is 78.9 Å². The van der Waals surface area contributed by atoms with Crippen LogP contribution in [0, 0.1) is 0 Å². The zero-order chi connectivity index (χ0) is 30.3. The van der Waals surface area contributed by atoms with Gasteiger partial charge >= 0.3 is 0 Å². The number of methoxy groups -OCH3 is 1. The first kappa shape index (κ1) is 32.7. The lowest BCUT2D eigenvalue weighted by Gasteiger charge is -2.36. The maximum Gasteiger partial charge on any atom is 0.255 e. The van der Waals surface area contributed by atoms with Crippen molar-refractivity contribution in [1.82, 2.24) is 15.5 Å². The van der Waals surface area contributed by atoms with Crippen LogP contribution in [0.25, 0.3) is 0 Å². The van der Waals surface area contributed by atoms with Gasteiger partial charge in [-0.3, -0.25) is 14.4 Å². The molecule has 1 saturated heterocycles. The fourth-order valence-electron chi connectivity index (χ4n) is 5.22. The van der Waals surface area contributed by atoms with Crippen molar-refractivity contribution in [3.05, 3.63) is 101 Å². The van der Waals surface area contributed by atoms with E-state index in [2.05, 4.69) is 28.8 Å². The van der Waals surface area contributed by atoms with Gasteiger partial charge in [0.25, 0.3) is 5.91 Å². The number of rotatable bonds is 5. The molecule has 0 saturated carbocycles. The van der Waals surface area contributed by atoms with Gasteiger partial charge in [0.15, 0.2) is 0 Å². The van der Waals surface area contributed by atoms with Crippen LogP contribution in [0.2, 0.25) is 5.02 Å². The second-order valence-electron chi connectivity index (χ2n) is 10.3. The van der Waals surface area contributed by atoms with Crippen LogP contribution in [0.1, 0.15) is 66.9 Å². The molecule has 5 rings (SSSR count). The van der Waals surface area contributed by atoms with Gasteiger partial charge in [-0.25, -0.2) is 0 Å². The van der Waals surface area contributed by atoms with Gasteiger partial charge in [0.1, 0.15) is 5.75 Å². The van der Waals surface area contributed by atoms with E-state index in [-0.39, 0.29) is 29.7 Å². The SMILES string of the molecule is CCNC(C)=O.COc1cc(Cl)ccc1C(=O)NC1CCN(C(=O)[C@@H]2CCCc3ccccc32)CC1.c1ccccc1. The van der Waals surface area contributed by atoms with E-state index in [9.17, 15) is 14.4 Å². The van der Waals surface area contributed by atoms with Crippen LogP contribution in [0.3, 0.4) is 0 Å². The summed E-state index contributed by atoms with van der Waals surface area (Å²) in [5, 5.41) is 6.18. The zero-order valence-electron chi connectivity index (χ0n) is 24.8. The Labute approximate surface area is 254 Å². The standard InChI is InChI=1S/C24H27ClN2O3.C6H6.C4H9NO/c1-30-22-15-17(25)9-10-21(22)23(28)26-18-11-13-27(14-12-18)24(29)20-8-4-6-16-5-2-3-7-19(16)20;1-2-4-6-5-3-1;1-3-5-4(2)6/h2-3,5,7,9-10,15,18,20H,4,6,8,11-14H2,1H3,(H,26,28);1-6H;3H2,1-2H3,(H,5,6)/t20-;;/m1../s1. The number of hydrogen-bond donors (Lipinski definition) is 2. The fraction of sp³-hybridized carbons (Fsp3) is 0.382. The number of ether oxygens (including phenoxy) is 1. The first-order valence-electron chi connectivity index (χ1n) is 14.6. The minimum atomic E-state index is -0.172. The molecule has 1 aliphatic carbocycles. The summed E-state index contributed by atoms with van der Waals surface area (Å²) in [7, 11) is 1.52. The second-order valence-corrected chi connectivity index (χ2v) is 10.7. The van der Waals surface area contributed by atoms with Gasteiger partial charge in [0, 0.05) is 37.6 Å². The predicted molar refractivity (Wildman–Crippen MR) is 168 cm³/mol. The molecule has 0 spiro atoms. The molecule has 42 heavy (non-hydrogen) atoms. The number of amides is 3. The molecule has 0 radical (unpaired) electrons. The van der Waals surface area contributed by atoms with Crippen LogP contribution >= 0.6 is 11.6 Å². The molecule has 0 bridgehead atoms. The van der Waals surface area contributed by atoms with Crippen molar-refractivity contribution in [3.63, 3.8) is 0 Å².